The van der Waals surface area contributed by atoms with Crippen LogP contribution in [0.5, 0.6) is 17.2 Å². The number of rotatable bonds is 6. The van der Waals surface area contributed by atoms with Crippen LogP contribution >= 0.6 is 11.3 Å². The van der Waals surface area contributed by atoms with Gasteiger partial charge in [0, 0.05) is 16.2 Å². The Kier molecular flexibility index (Phi) is 5.07. The first kappa shape index (κ1) is 19.4. The van der Waals surface area contributed by atoms with Crippen LogP contribution in [0.25, 0.3) is 16.2 Å². The predicted octanol–water partition coefficient (Wildman–Crippen LogP) is 4.76. The van der Waals surface area contributed by atoms with Crippen molar-refractivity contribution in [2.75, 3.05) is 0 Å². The zero-order chi connectivity index (χ0) is 21.3. The molecule has 30 heavy (non-hydrogen) atoms. The number of ketones is 1. The molecule has 0 aliphatic carbocycles. The molecule has 7 nitrogen and oxygen atoms in total. The molecule has 4 aromatic rings. The second-order valence-electron chi connectivity index (χ2n) is 6.48. The van der Waals surface area contributed by atoms with Gasteiger partial charge in [-0.05, 0) is 48.9 Å². The first-order valence-electron chi connectivity index (χ1n) is 8.91. The fourth-order valence-corrected chi connectivity index (χ4v) is 4.06. The third-order valence-corrected chi connectivity index (χ3v) is 5.54. The number of carboxylic acid groups (broad SMARTS) is 1. The number of nitrogens with zero attached hydrogens (tertiary/aromatic N) is 1. The highest BCUT2D eigenvalue weighted by Gasteiger charge is 2.24. The number of fused-ring (bicyclic) bond motifs is 1. The van der Waals surface area contributed by atoms with Gasteiger partial charge in [0.2, 0.25) is 5.78 Å². The molecule has 150 valence electrons. The Balaban J connectivity index is 1.75. The van der Waals surface area contributed by atoms with E-state index in [2.05, 4.69) is 9.97 Å². The maximum Gasteiger partial charge on any atom is 0.328 e. The van der Waals surface area contributed by atoms with Gasteiger partial charge in [-0.1, -0.05) is 12.1 Å². The van der Waals surface area contributed by atoms with Crippen LogP contribution < -0.4 is 4.74 Å². The number of ether oxygens (including phenoxy) is 1. The predicted molar refractivity (Wildman–Crippen MR) is 113 cm³/mol. The minimum absolute atomic E-state index is 0.0987. The van der Waals surface area contributed by atoms with Gasteiger partial charge in [0.25, 0.3) is 0 Å². The van der Waals surface area contributed by atoms with Crippen molar-refractivity contribution in [3.63, 3.8) is 0 Å². The molecule has 0 radical (unpaired) electrons. The lowest BCUT2D eigenvalue weighted by atomic mass is 10.1. The van der Waals surface area contributed by atoms with E-state index < -0.39 is 5.97 Å². The van der Waals surface area contributed by atoms with E-state index in [0.29, 0.717) is 43.4 Å². The van der Waals surface area contributed by atoms with Crippen LogP contribution in [0.3, 0.4) is 0 Å². The topological polar surface area (TPSA) is 113 Å². The Morgan fingerprint density at radius 2 is 1.93 bits per heavy atom. The monoisotopic (exact) mass is 420 g/mol. The average molecular weight is 420 g/mol. The molecule has 0 saturated heterocycles. The number of nitrogens with one attached hydrogen (secondary N) is 1. The first-order valence-corrected chi connectivity index (χ1v) is 9.73. The minimum atomic E-state index is -1.03. The highest BCUT2D eigenvalue weighted by Crippen LogP contribution is 2.42. The van der Waals surface area contributed by atoms with Gasteiger partial charge in [-0.3, -0.25) is 4.79 Å². The van der Waals surface area contributed by atoms with Crippen molar-refractivity contribution in [3.8, 4) is 17.2 Å². The lowest BCUT2D eigenvalue weighted by molar-refractivity contribution is -0.131. The number of aliphatic carboxylic acids is 1. The van der Waals surface area contributed by atoms with E-state index in [1.165, 1.54) is 29.8 Å². The Labute approximate surface area is 174 Å². The summed E-state index contributed by atoms with van der Waals surface area (Å²) in [6.07, 6.45) is 3.99. The van der Waals surface area contributed by atoms with Gasteiger partial charge in [-0.25, -0.2) is 9.78 Å². The molecule has 2 heterocycles. The summed E-state index contributed by atoms with van der Waals surface area (Å²) >= 11 is 1.23. The Morgan fingerprint density at radius 1 is 1.17 bits per heavy atom. The van der Waals surface area contributed by atoms with Crippen LogP contribution in [0.1, 0.15) is 26.6 Å². The smallest absolute Gasteiger partial charge is 0.328 e. The lowest BCUT2D eigenvalue weighted by Crippen LogP contribution is -2.03. The molecule has 2 aromatic carbocycles. The van der Waals surface area contributed by atoms with Crippen molar-refractivity contribution < 1.29 is 24.5 Å². The lowest BCUT2D eigenvalue weighted by Gasteiger charge is -2.08. The van der Waals surface area contributed by atoms with Gasteiger partial charge >= 0.3 is 5.97 Å². The summed E-state index contributed by atoms with van der Waals surface area (Å²) in [6, 6.07) is 11.7. The van der Waals surface area contributed by atoms with Crippen LogP contribution in [0.2, 0.25) is 0 Å². The van der Waals surface area contributed by atoms with Gasteiger partial charge in [0.1, 0.15) is 22.1 Å². The normalized spacial score (nSPS) is 11.2. The standard InChI is InChI=1S/C22H16N2O5S/c1-12-19(24-11-23-12)20(28)22-21(16-8-5-14(25)10-17(16)30-22)29-15-6-2-13(3-7-15)4-9-18(26)27/h2-11,25H,1H3,(H,23,24)(H,26,27)/b9-4+. The van der Waals surface area contributed by atoms with Crippen LogP contribution in [-0.4, -0.2) is 31.9 Å². The number of aromatic nitrogens is 2. The van der Waals surface area contributed by atoms with Crippen LogP contribution in [0, 0.1) is 6.92 Å². The molecule has 4 rings (SSSR count). The summed E-state index contributed by atoms with van der Waals surface area (Å²) in [5, 5.41) is 19.3. The third kappa shape index (κ3) is 3.81. The number of carbonyl (C=O) groups excluding carboxylic acids is 1. The molecular weight excluding hydrogens is 404 g/mol. The molecule has 0 unspecified atom stereocenters. The first-order chi connectivity index (χ1) is 14.4. The van der Waals surface area contributed by atoms with E-state index in [4.69, 9.17) is 9.84 Å². The van der Waals surface area contributed by atoms with Crippen LogP contribution in [0.15, 0.2) is 54.9 Å². The van der Waals surface area contributed by atoms with Crippen LogP contribution in [-0.2, 0) is 4.79 Å². The maximum absolute atomic E-state index is 13.1. The Morgan fingerprint density at radius 3 is 2.60 bits per heavy atom. The van der Waals surface area contributed by atoms with E-state index in [9.17, 15) is 14.7 Å². The number of benzene rings is 2. The summed E-state index contributed by atoms with van der Waals surface area (Å²) in [6.45, 7) is 1.74. The molecule has 0 aliphatic heterocycles. The van der Waals surface area contributed by atoms with Crippen molar-refractivity contribution >= 4 is 39.3 Å². The Hall–Kier alpha value is -3.91. The highest BCUT2D eigenvalue weighted by molar-refractivity contribution is 7.21. The largest absolute Gasteiger partial charge is 0.508 e. The van der Waals surface area contributed by atoms with Gasteiger partial charge in [-0.15, -0.1) is 11.3 Å². The van der Waals surface area contributed by atoms with Gasteiger partial charge in [-0.2, -0.15) is 0 Å². The Bertz CT molecular complexity index is 1280. The summed E-state index contributed by atoms with van der Waals surface area (Å²) in [5.41, 5.74) is 1.67. The summed E-state index contributed by atoms with van der Waals surface area (Å²) < 4.78 is 6.79. The van der Waals surface area contributed by atoms with Gasteiger partial charge < -0.3 is 19.9 Å². The zero-order valence-corrected chi connectivity index (χ0v) is 16.6. The third-order valence-electron chi connectivity index (χ3n) is 4.41. The van der Waals surface area contributed by atoms with E-state index in [1.807, 2.05) is 0 Å². The van der Waals surface area contributed by atoms with Crippen molar-refractivity contribution in [1.29, 1.82) is 0 Å². The maximum atomic E-state index is 13.1. The molecular formula is C22H16N2O5S. The molecule has 0 bridgehead atoms. The number of phenols is 1. The zero-order valence-electron chi connectivity index (χ0n) is 15.7. The van der Waals surface area contributed by atoms with Crippen molar-refractivity contribution in [3.05, 3.63) is 76.7 Å². The van der Waals surface area contributed by atoms with Crippen molar-refractivity contribution in [2.45, 2.75) is 6.92 Å². The second kappa shape index (κ2) is 7.84. The molecule has 8 heteroatoms. The second-order valence-corrected chi connectivity index (χ2v) is 7.53. The number of thiophene rings is 1. The molecule has 0 spiro atoms. The molecule has 0 fully saturated rings. The quantitative estimate of drug-likeness (QED) is 0.306. The van der Waals surface area contributed by atoms with E-state index in [0.717, 1.165) is 6.08 Å². The van der Waals surface area contributed by atoms with Gasteiger partial charge in [0.15, 0.2) is 5.75 Å². The summed E-state index contributed by atoms with van der Waals surface area (Å²) in [5.74, 6) is -0.294. The molecule has 2 aromatic heterocycles. The number of hydrogen-bond acceptors (Lipinski definition) is 6. The fourth-order valence-electron chi connectivity index (χ4n) is 2.95. The SMILES string of the molecule is Cc1nc[nH]c1C(=O)c1sc2cc(O)ccc2c1Oc1ccc(/C=C/C(=O)O)cc1. The molecule has 3 N–H and O–H groups in total. The molecule has 0 saturated carbocycles. The number of phenolic OH excluding ortho intramolecular Hbond substituents is 1. The molecule has 0 atom stereocenters. The van der Waals surface area contributed by atoms with Crippen LogP contribution in [0.4, 0.5) is 0 Å². The number of aromatic hydroxyl groups is 1. The highest BCUT2D eigenvalue weighted by atomic mass is 32.1. The van der Waals surface area contributed by atoms with Crippen molar-refractivity contribution in [2.24, 2.45) is 0 Å². The fraction of sp³-hybridized carbons (Fsp3) is 0.0455. The van der Waals surface area contributed by atoms with E-state index in [1.54, 1.807) is 43.3 Å². The number of H-pyrrole nitrogens is 1. The molecule has 0 aliphatic rings. The number of hydrogen-bond donors (Lipinski definition) is 3. The summed E-state index contributed by atoms with van der Waals surface area (Å²) in [4.78, 5) is 31.1. The number of carboxylic acids is 1. The molecule has 0 amide bonds. The summed E-state index contributed by atoms with van der Waals surface area (Å²) in [7, 11) is 0. The van der Waals surface area contributed by atoms with Crippen molar-refractivity contribution in [1.82, 2.24) is 9.97 Å². The number of imidazole rings is 1. The van der Waals surface area contributed by atoms with E-state index >= 15 is 0 Å². The number of aryl methyl sites for hydroxylation is 1. The average Bonchev–Trinajstić information content (AvgIpc) is 3.30. The van der Waals surface area contributed by atoms with E-state index in [-0.39, 0.29) is 11.5 Å². The number of aromatic amines is 1. The minimum Gasteiger partial charge on any atom is -0.508 e. The number of carbonyl (C=O) groups is 2. The van der Waals surface area contributed by atoms with Gasteiger partial charge in [0.05, 0.1) is 12.0 Å².